The standard InChI is InChI=1S/C20H18FN3O2S/c21-16-8-6-14(7-9-16)10-11-22-19(26)17-13-27-20(23-17)24-18(25)12-15-4-2-1-3-5-15/h1-9,13H,10-12H2,(H,22,26)(H,23,24,25). The Morgan fingerprint density at radius 2 is 1.74 bits per heavy atom. The number of amides is 2. The van der Waals surface area contributed by atoms with Gasteiger partial charge in [0, 0.05) is 11.9 Å². The Bertz CT molecular complexity index is 910. The van der Waals surface area contributed by atoms with E-state index in [0.717, 1.165) is 11.1 Å². The molecule has 0 unspecified atom stereocenters. The minimum absolute atomic E-state index is 0.182. The molecular formula is C20H18FN3O2S. The largest absolute Gasteiger partial charge is 0.350 e. The van der Waals surface area contributed by atoms with Crippen LogP contribution in [-0.2, 0) is 17.6 Å². The second-order valence-corrected chi connectivity index (χ2v) is 6.74. The fourth-order valence-electron chi connectivity index (χ4n) is 2.44. The fraction of sp³-hybridized carbons (Fsp3) is 0.150. The number of carbonyl (C=O) groups is 2. The molecule has 0 aliphatic carbocycles. The van der Waals surface area contributed by atoms with Crippen LogP contribution in [0.25, 0.3) is 0 Å². The lowest BCUT2D eigenvalue weighted by Gasteiger charge is -2.04. The Kier molecular flexibility index (Phi) is 6.27. The second kappa shape index (κ2) is 9.05. The Morgan fingerprint density at radius 3 is 2.48 bits per heavy atom. The predicted molar refractivity (Wildman–Crippen MR) is 103 cm³/mol. The van der Waals surface area contributed by atoms with Crippen LogP contribution in [0.2, 0.25) is 0 Å². The van der Waals surface area contributed by atoms with Crippen LogP contribution in [0, 0.1) is 5.82 Å². The highest BCUT2D eigenvalue weighted by atomic mass is 32.1. The van der Waals surface area contributed by atoms with Crippen LogP contribution in [0.5, 0.6) is 0 Å². The number of halogens is 1. The van der Waals surface area contributed by atoms with E-state index in [1.54, 1.807) is 17.5 Å². The molecule has 2 aromatic carbocycles. The summed E-state index contributed by atoms with van der Waals surface area (Å²) in [6, 6.07) is 15.5. The third-order valence-electron chi connectivity index (χ3n) is 3.80. The molecule has 0 spiro atoms. The molecule has 1 heterocycles. The number of benzene rings is 2. The monoisotopic (exact) mass is 383 g/mol. The summed E-state index contributed by atoms with van der Waals surface area (Å²) in [7, 11) is 0. The minimum atomic E-state index is -0.308. The van der Waals surface area contributed by atoms with E-state index in [1.807, 2.05) is 30.3 Å². The van der Waals surface area contributed by atoms with E-state index in [2.05, 4.69) is 15.6 Å². The van der Waals surface area contributed by atoms with E-state index < -0.39 is 0 Å². The van der Waals surface area contributed by atoms with Crippen LogP contribution in [-0.4, -0.2) is 23.3 Å². The van der Waals surface area contributed by atoms with Crippen LogP contribution in [0.3, 0.4) is 0 Å². The van der Waals surface area contributed by atoms with Gasteiger partial charge >= 0.3 is 0 Å². The predicted octanol–water partition coefficient (Wildman–Crippen LogP) is 3.44. The average molecular weight is 383 g/mol. The van der Waals surface area contributed by atoms with Gasteiger partial charge in [-0.15, -0.1) is 11.3 Å². The maximum Gasteiger partial charge on any atom is 0.270 e. The Labute approximate surface area is 160 Å². The Balaban J connectivity index is 1.47. The van der Waals surface area contributed by atoms with Crippen molar-refractivity contribution in [2.24, 2.45) is 0 Å². The van der Waals surface area contributed by atoms with Crippen LogP contribution < -0.4 is 10.6 Å². The Hall–Kier alpha value is -3.06. The van der Waals surface area contributed by atoms with E-state index in [4.69, 9.17) is 0 Å². The summed E-state index contributed by atoms with van der Waals surface area (Å²) >= 11 is 1.20. The zero-order valence-corrected chi connectivity index (χ0v) is 15.3. The highest BCUT2D eigenvalue weighted by molar-refractivity contribution is 7.14. The first-order valence-corrected chi connectivity index (χ1v) is 9.30. The third kappa shape index (κ3) is 5.72. The molecule has 0 atom stereocenters. The first-order valence-electron chi connectivity index (χ1n) is 8.42. The van der Waals surface area contributed by atoms with E-state index in [0.29, 0.717) is 18.1 Å². The SMILES string of the molecule is O=C(Cc1ccccc1)Nc1nc(C(=O)NCCc2ccc(F)cc2)cs1. The quantitative estimate of drug-likeness (QED) is 0.657. The maximum absolute atomic E-state index is 12.9. The molecule has 1 aromatic heterocycles. The number of aromatic nitrogens is 1. The number of nitrogens with one attached hydrogen (secondary N) is 2. The molecule has 2 N–H and O–H groups in total. The smallest absolute Gasteiger partial charge is 0.270 e. The van der Waals surface area contributed by atoms with Gasteiger partial charge in [-0.3, -0.25) is 9.59 Å². The van der Waals surface area contributed by atoms with Crippen molar-refractivity contribution >= 4 is 28.3 Å². The van der Waals surface area contributed by atoms with Crippen molar-refractivity contribution in [2.75, 3.05) is 11.9 Å². The lowest BCUT2D eigenvalue weighted by Crippen LogP contribution is -2.26. The number of hydrogen-bond donors (Lipinski definition) is 2. The molecule has 0 fully saturated rings. The van der Waals surface area contributed by atoms with Gasteiger partial charge in [0.15, 0.2) is 5.13 Å². The number of anilines is 1. The highest BCUT2D eigenvalue weighted by Crippen LogP contribution is 2.16. The van der Waals surface area contributed by atoms with E-state index in [-0.39, 0.29) is 29.7 Å². The number of hydrogen-bond acceptors (Lipinski definition) is 4. The summed E-state index contributed by atoms with van der Waals surface area (Å²) in [5, 5.41) is 7.46. The lowest BCUT2D eigenvalue weighted by atomic mass is 10.1. The molecule has 3 rings (SSSR count). The average Bonchev–Trinajstić information content (AvgIpc) is 3.12. The van der Waals surface area contributed by atoms with E-state index >= 15 is 0 Å². The number of nitrogens with zero attached hydrogens (tertiary/aromatic N) is 1. The molecule has 0 aliphatic rings. The second-order valence-electron chi connectivity index (χ2n) is 5.88. The molecule has 0 saturated heterocycles. The minimum Gasteiger partial charge on any atom is -0.350 e. The fourth-order valence-corrected chi connectivity index (χ4v) is 3.15. The van der Waals surface area contributed by atoms with Crippen molar-refractivity contribution in [3.63, 3.8) is 0 Å². The van der Waals surface area contributed by atoms with E-state index in [9.17, 15) is 14.0 Å². The molecule has 27 heavy (non-hydrogen) atoms. The van der Waals surface area contributed by atoms with Gasteiger partial charge in [-0.2, -0.15) is 0 Å². The Morgan fingerprint density at radius 1 is 1.00 bits per heavy atom. The van der Waals surface area contributed by atoms with Crippen molar-refractivity contribution < 1.29 is 14.0 Å². The van der Waals surface area contributed by atoms with Gasteiger partial charge in [-0.1, -0.05) is 42.5 Å². The summed E-state index contributed by atoms with van der Waals surface area (Å²) in [5.74, 6) is -0.775. The van der Waals surface area contributed by atoms with Gasteiger partial charge in [-0.05, 0) is 29.7 Å². The normalized spacial score (nSPS) is 10.4. The van der Waals surface area contributed by atoms with Gasteiger partial charge < -0.3 is 10.6 Å². The van der Waals surface area contributed by atoms with Crippen molar-refractivity contribution in [1.82, 2.24) is 10.3 Å². The zero-order valence-electron chi connectivity index (χ0n) is 14.4. The van der Waals surface area contributed by atoms with Crippen LogP contribution in [0.15, 0.2) is 60.0 Å². The highest BCUT2D eigenvalue weighted by Gasteiger charge is 2.12. The van der Waals surface area contributed by atoms with Crippen molar-refractivity contribution in [1.29, 1.82) is 0 Å². The first kappa shape index (κ1) is 18.7. The van der Waals surface area contributed by atoms with E-state index in [1.165, 1.54) is 23.5 Å². The first-order chi connectivity index (χ1) is 13.1. The summed E-state index contributed by atoms with van der Waals surface area (Å²) in [6.07, 6.45) is 0.844. The molecule has 5 nitrogen and oxygen atoms in total. The molecule has 2 amide bonds. The van der Waals surface area contributed by atoms with Gasteiger partial charge in [0.2, 0.25) is 5.91 Å². The molecule has 7 heteroatoms. The summed E-state index contributed by atoms with van der Waals surface area (Å²) in [6.45, 7) is 0.414. The number of rotatable bonds is 7. The van der Waals surface area contributed by atoms with Crippen LogP contribution in [0.4, 0.5) is 9.52 Å². The molecule has 138 valence electrons. The van der Waals surface area contributed by atoms with Gasteiger partial charge in [0.25, 0.3) is 5.91 Å². The number of carbonyl (C=O) groups excluding carboxylic acids is 2. The molecule has 0 bridgehead atoms. The summed E-state index contributed by atoms with van der Waals surface area (Å²) in [4.78, 5) is 28.3. The zero-order chi connectivity index (χ0) is 19.1. The van der Waals surface area contributed by atoms with Crippen molar-refractivity contribution in [2.45, 2.75) is 12.8 Å². The van der Waals surface area contributed by atoms with Gasteiger partial charge in [0.05, 0.1) is 6.42 Å². The topological polar surface area (TPSA) is 71.1 Å². The number of thiazole rings is 1. The van der Waals surface area contributed by atoms with Gasteiger partial charge in [0.1, 0.15) is 11.5 Å². The third-order valence-corrected chi connectivity index (χ3v) is 4.56. The maximum atomic E-state index is 12.9. The van der Waals surface area contributed by atoms with Crippen LogP contribution >= 0.6 is 11.3 Å². The summed E-state index contributed by atoms with van der Waals surface area (Å²) < 4.78 is 12.9. The van der Waals surface area contributed by atoms with Crippen molar-refractivity contribution in [3.8, 4) is 0 Å². The lowest BCUT2D eigenvalue weighted by molar-refractivity contribution is -0.115. The molecular weight excluding hydrogens is 365 g/mol. The van der Waals surface area contributed by atoms with Crippen molar-refractivity contribution in [3.05, 3.63) is 82.6 Å². The molecule has 0 radical (unpaired) electrons. The molecule has 3 aromatic rings. The summed E-state index contributed by atoms with van der Waals surface area (Å²) in [5.41, 5.74) is 2.10. The molecule has 0 aliphatic heterocycles. The molecule has 0 saturated carbocycles. The van der Waals surface area contributed by atoms with Gasteiger partial charge in [-0.25, -0.2) is 9.37 Å². The van der Waals surface area contributed by atoms with Crippen LogP contribution in [0.1, 0.15) is 21.6 Å².